The van der Waals surface area contributed by atoms with Gasteiger partial charge in [0.25, 0.3) is 0 Å². The van der Waals surface area contributed by atoms with Gasteiger partial charge in [0, 0.05) is 31.2 Å². The van der Waals surface area contributed by atoms with Crippen LogP contribution in [0.25, 0.3) is 0 Å². The molecule has 1 amide bonds. The summed E-state index contributed by atoms with van der Waals surface area (Å²) >= 11 is 0. The maximum Gasteiger partial charge on any atom is 0.407 e. The number of aryl methyl sites for hydroxylation is 1. The second kappa shape index (κ2) is 9.67. The number of rotatable bonds is 8. The van der Waals surface area contributed by atoms with Crippen LogP contribution in [-0.2, 0) is 16.3 Å². The third kappa shape index (κ3) is 5.96. The fourth-order valence-electron chi connectivity index (χ4n) is 3.83. The van der Waals surface area contributed by atoms with Gasteiger partial charge in [-0.3, -0.25) is 0 Å². The van der Waals surface area contributed by atoms with Crippen molar-refractivity contribution in [2.45, 2.75) is 56.4 Å². The minimum absolute atomic E-state index is 0.0549. The standard InChI is InChI=1S/C21H29N3O6S/c1-14(2)18-13-15(10-11-24(18)21(25)26)20-22-19(30-23-20)5-4-12-29-16-6-8-17(9-7-16)31(3,27)28/h6-9,14-15,18H,4-5,10-13H2,1-3H3,(H,25,26). The number of carboxylic acid groups (broad SMARTS) is 1. The molecule has 1 saturated heterocycles. The van der Waals surface area contributed by atoms with Gasteiger partial charge in [-0.05, 0) is 49.4 Å². The normalized spacial score (nSPS) is 19.5. The molecule has 0 aliphatic carbocycles. The van der Waals surface area contributed by atoms with Gasteiger partial charge in [-0.25, -0.2) is 13.2 Å². The molecule has 10 heteroatoms. The number of hydrogen-bond donors (Lipinski definition) is 1. The molecule has 1 aromatic heterocycles. The molecule has 1 fully saturated rings. The second-order valence-corrected chi connectivity index (χ2v) is 10.3. The van der Waals surface area contributed by atoms with Crippen molar-refractivity contribution in [2.75, 3.05) is 19.4 Å². The highest BCUT2D eigenvalue weighted by molar-refractivity contribution is 7.90. The SMILES string of the molecule is CC(C)C1CC(c2noc(CCCOc3ccc(S(C)(=O)=O)cc3)n2)CCN1C(=O)O. The van der Waals surface area contributed by atoms with E-state index in [0.29, 0.717) is 56.3 Å². The number of carbonyl (C=O) groups is 1. The van der Waals surface area contributed by atoms with Gasteiger partial charge in [0.15, 0.2) is 15.7 Å². The van der Waals surface area contributed by atoms with E-state index >= 15 is 0 Å². The largest absolute Gasteiger partial charge is 0.494 e. The van der Waals surface area contributed by atoms with E-state index in [-0.39, 0.29) is 22.8 Å². The van der Waals surface area contributed by atoms with E-state index in [1.54, 1.807) is 12.1 Å². The van der Waals surface area contributed by atoms with E-state index in [1.807, 2.05) is 13.8 Å². The van der Waals surface area contributed by atoms with Crippen molar-refractivity contribution in [3.05, 3.63) is 36.0 Å². The predicted octanol–water partition coefficient (Wildman–Crippen LogP) is 3.37. The number of piperidine rings is 1. The monoisotopic (exact) mass is 451 g/mol. The summed E-state index contributed by atoms with van der Waals surface area (Å²) in [6, 6.07) is 6.26. The second-order valence-electron chi connectivity index (χ2n) is 8.25. The third-order valence-electron chi connectivity index (χ3n) is 5.56. The maximum atomic E-state index is 11.5. The van der Waals surface area contributed by atoms with Crippen molar-refractivity contribution in [1.29, 1.82) is 0 Å². The van der Waals surface area contributed by atoms with E-state index in [1.165, 1.54) is 23.3 Å². The molecule has 0 spiro atoms. The molecule has 2 unspecified atom stereocenters. The molecule has 1 aliphatic heterocycles. The Kier molecular flexibility index (Phi) is 7.19. The molecule has 9 nitrogen and oxygen atoms in total. The lowest BCUT2D eigenvalue weighted by molar-refractivity contribution is 0.0814. The van der Waals surface area contributed by atoms with Crippen LogP contribution >= 0.6 is 0 Å². The van der Waals surface area contributed by atoms with Crippen LogP contribution in [0.5, 0.6) is 5.75 Å². The van der Waals surface area contributed by atoms with Gasteiger partial charge < -0.3 is 19.3 Å². The summed E-state index contributed by atoms with van der Waals surface area (Å²) in [4.78, 5) is 17.8. The minimum Gasteiger partial charge on any atom is -0.494 e. The van der Waals surface area contributed by atoms with E-state index in [9.17, 15) is 18.3 Å². The summed E-state index contributed by atoms with van der Waals surface area (Å²) in [5.41, 5.74) is 0. The Hall–Kier alpha value is -2.62. The van der Waals surface area contributed by atoms with E-state index in [4.69, 9.17) is 9.26 Å². The van der Waals surface area contributed by atoms with Crippen LogP contribution in [0.3, 0.4) is 0 Å². The van der Waals surface area contributed by atoms with Crippen molar-refractivity contribution >= 4 is 15.9 Å². The zero-order chi connectivity index (χ0) is 22.6. The van der Waals surface area contributed by atoms with Crippen molar-refractivity contribution < 1.29 is 27.6 Å². The Morgan fingerprint density at radius 2 is 2.03 bits per heavy atom. The van der Waals surface area contributed by atoms with Crippen molar-refractivity contribution in [3.8, 4) is 5.75 Å². The van der Waals surface area contributed by atoms with E-state index in [0.717, 1.165) is 0 Å². The average Bonchev–Trinajstić information content (AvgIpc) is 3.19. The zero-order valence-electron chi connectivity index (χ0n) is 18.0. The summed E-state index contributed by atoms with van der Waals surface area (Å²) in [7, 11) is -3.22. The van der Waals surface area contributed by atoms with Crippen LogP contribution < -0.4 is 4.74 Å². The number of benzene rings is 1. The van der Waals surface area contributed by atoms with Crippen LogP contribution in [-0.4, -0.2) is 60.1 Å². The molecule has 0 radical (unpaired) electrons. The molecule has 0 saturated carbocycles. The highest BCUT2D eigenvalue weighted by Crippen LogP contribution is 2.33. The van der Waals surface area contributed by atoms with Crippen molar-refractivity contribution in [3.63, 3.8) is 0 Å². The summed E-state index contributed by atoms with van der Waals surface area (Å²) in [6.45, 7) is 4.96. The topological polar surface area (TPSA) is 123 Å². The minimum atomic E-state index is -3.22. The lowest BCUT2D eigenvalue weighted by Crippen LogP contribution is -2.47. The summed E-state index contributed by atoms with van der Waals surface area (Å²) in [6.07, 6.45) is 2.89. The number of hydrogen-bond acceptors (Lipinski definition) is 7. The summed E-state index contributed by atoms with van der Waals surface area (Å²) in [5.74, 6) is 2.08. The van der Waals surface area contributed by atoms with Crippen molar-refractivity contribution in [1.82, 2.24) is 15.0 Å². The van der Waals surface area contributed by atoms with Crippen LogP contribution in [0.4, 0.5) is 4.79 Å². The Labute approximate surface area is 182 Å². The number of nitrogens with zero attached hydrogens (tertiary/aromatic N) is 3. The van der Waals surface area contributed by atoms with Crippen LogP contribution in [0, 0.1) is 5.92 Å². The highest BCUT2D eigenvalue weighted by Gasteiger charge is 2.35. The molecule has 1 aliphatic rings. The quantitative estimate of drug-likeness (QED) is 0.606. The van der Waals surface area contributed by atoms with Crippen LogP contribution in [0.2, 0.25) is 0 Å². The molecule has 1 aromatic carbocycles. The van der Waals surface area contributed by atoms with Gasteiger partial charge in [-0.2, -0.15) is 4.98 Å². The Bertz CT molecular complexity index is 987. The Balaban J connectivity index is 1.48. The lowest BCUT2D eigenvalue weighted by Gasteiger charge is -2.39. The maximum absolute atomic E-state index is 11.5. The zero-order valence-corrected chi connectivity index (χ0v) is 18.8. The Morgan fingerprint density at radius 3 is 2.65 bits per heavy atom. The summed E-state index contributed by atoms with van der Waals surface area (Å²) < 4.78 is 34.0. The van der Waals surface area contributed by atoms with E-state index < -0.39 is 15.9 Å². The van der Waals surface area contributed by atoms with Gasteiger partial charge in [-0.15, -0.1) is 0 Å². The first-order valence-corrected chi connectivity index (χ1v) is 12.3. The number of amides is 1. The fourth-order valence-corrected chi connectivity index (χ4v) is 4.46. The summed E-state index contributed by atoms with van der Waals surface area (Å²) in [5, 5.41) is 13.5. The predicted molar refractivity (Wildman–Crippen MR) is 113 cm³/mol. The first-order valence-electron chi connectivity index (χ1n) is 10.4. The van der Waals surface area contributed by atoms with Gasteiger partial charge >= 0.3 is 6.09 Å². The highest BCUT2D eigenvalue weighted by atomic mass is 32.2. The first kappa shape index (κ1) is 23.1. The average molecular weight is 452 g/mol. The first-order chi connectivity index (χ1) is 14.6. The molecule has 3 rings (SSSR count). The van der Waals surface area contributed by atoms with Crippen LogP contribution in [0.15, 0.2) is 33.7 Å². The lowest BCUT2D eigenvalue weighted by atomic mass is 9.85. The molecule has 1 N–H and O–H groups in total. The fraction of sp³-hybridized carbons (Fsp3) is 0.571. The number of ether oxygens (including phenoxy) is 1. The number of aromatic nitrogens is 2. The molecule has 0 bridgehead atoms. The number of sulfone groups is 1. The van der Waals surface area contributed by atoms with Gasteiger partial charge in [-0.1, -0.05) is 19.0 Å². The smallest absolute Gasteiger partial charge is 0.407 e. The molecule has 2 aromatic rings. The molecule has 2 heterocycles. The molecule has 2 atom stereocenters. The molecule has 170 valence electrons. The molecular formula is C21H29N3O6S. The third-order valence-corrected chi connectivity index (χ3v) is 6.69. The van der Waals surface area contributed by atoms with Crippen molar-refractivity contribution in [2.24, 2.45) is 5.92 Å². The van der Waals surface area contributed by atoms with E-state index in [2.05, 4.69) is 10.1 Å². The van der Waals surface area contributed by atoms with Gasteiger partial charge in [0.05, 0.1) is 11.5 Å². The van der Waals surface area contributed by atoms with Crippen LogP contribution in [0.1, 0.15) is 50.7 Å². The molecular weight excluding hydrogens is 422 g/mol. The number of likely N-dealkylation sites (tertiary alicyclic amines) is 1. The van der Waals surface area contributed by atoms with Gasteiger partial charge in [0.2, 0.25) is 5.89 Å². The van der Waals surface area contributed by atoms with Gasteiger partial charge in [0.1, 0.15) is 5.75 Å². The Morgan fingerprint density at radius 1 is 1.32 bits per heavy atom. The molecule has 31 heavy (non-hydrogen) atoms.